The van der Waals surface area contributed by atoms with Crippen LogP contribution in [-0.2, 0) is 4.74 Å². The number of aryl methyl sites for hydroxylation is 1. The zero-order valence-electron chi connectivity index (χ0n) is 19.0. The van der Waals surface area contributed by atoms with E-state index in [0.717, 1.165) is 47.3 Å². The van der Waals surface area contributed by atoms with E-state index in [1.807, 2.05) is 24.5 Å². The Morgan fingerprint density at radius 3 is 2.75 bits per heavy atom. The molecule has 0 radical (unpaired) electrons. The molecule has 1 saturated heterocycles. The van der Waals surface area contributed by atoms with Crippen LogP contribution in [0.15, 0.2) is 48.8 Å². The predicted octanol–water partition coefficient (Wildman–Crippen LogP) is 5.12. The number of anilines is 1. The van der Waals surface area contributed by atoms with Crippen molar-refractivity contribution in [3.8, 4) is 17.1 Å². The lowest BCUT2D eigenvalue weighted by atomic mass is 9.98. The summed E-state index contributed by atoms with van der Waals surface area (Å²) in [7, 11) is 1.67. The maximum Gasteiger partial charge on any atom is 0.140 e. The van der Waals surface area contributed by atoms with Gasteiger partial charge in [-0.1, -0.05) is 19.1 Å². The number of imidazole rings is 1. The van der Waals surface area contributed by atoms with Gasteiger partial charge in [-0.2, -0.15) is 0 Å². The molecule has 3 aromatic heterocycles. The van der Waals surface area contributed by atoms with Crippen molar-refractivity contribution in [2.45, 2.75) is 26.7 Å². The van der Waals surface area contributed by atoms with E-state index in [0.29, 0.717) is 13.2 Å². The van der Waals surface area contributed by atoms with E-state index in [9.17, 15) is 0 Å². The number of hydrogen-bond donors (Lipinski definition) is 0. The Kier molecular flexibility index (Phi) is 5.70. The van der Waals surface area contributed by atoms with Crippen LogP contribution in [0.3, 0.4) is 0 Å². The van der Waals surface area contributed by atoms with E-state index in [-0.39, 0.29) is 0 Å². The van der Waals surface area contributed by atoms with E-state index in [1.165, 1.54) is 29.5 Å². The highest BCUT2D eigenvalue weighted by Crippen LogP contribution is 2.33. The first-order valence-corrected chi connectivity index (χ1v) is 11.4. The van der Waals surface area contributed by atoms with Gasteiger partial charge >= 0.3 is 0 Å². The second-order valence-corrected chi connectivity index (χ2v) is 8.74. The van der Waals surface area contributed by atoms with Gasteiger partial charge < -0.3 is 14.4 Å². The third-order valence-electron chi connectivity index (χ3n) is 6.45. The minimum Gasteiger partial charge on any atom is -0.491 e. The third kappa shape index (κ3) is 3.91. The zero-order chi connectivity index (χ0) is 22.1. The molecule has 0 atom stereocenters. The topological polar surface area (TPSA) is 51.9 Å². The lowest BCUT2D eigenvalue weighted by molar-refractivity contribution is 0.146. The van der Waals surface area contributed by atoms with Gasteiger partial charge in [0.05, 0.1) is 35.4 Å². The Hall–Kier alpha value is -3.12. The molecule has 1 fully saturated rings. The summed E-state index contributed by atoms with van der Waals surface area (Å²) in [4.78, 5) is 12.3. The van der Waals surface area contributed by atoms with Gasteiger partial charge in [0.15, 0.2) is 0 Å². The lowest BCUT2D eigenvalue weighted by Gasteiger charge is -2.32. The molecule has 0 saturated carbocycles. The van der Waals surface area contributed by atoms with Crippen LogP contribution >= 0.6 is 0 Å². The largest absolute Gasteiger partial charge is 0.491 e. The molecule has 1 aromatic carbocycles. The van der Waals surface area contributed by atoms with E-state index >= 15 is 0 Å². The van der Waals surface area contributed by atoms with Gasteiger partial charge in [0.2, 0.25) is 0 Å². The molecule has 1 aliphatic heterocycles. The highest BCUT2D eigenvalue weighted by atomic mass is 16.5. The van der Waals surface area contributed by atoms with Crippen molar-refractivity contribution in [1.29, 1.82) is 0 Å². The second kappa shape index (κ2) is 8.79. The number of piperidine rings is 1. The van der Waals surface area contributed by atoms with Crippen molar-refractivity contribution < 1.29 is 9.47 Å². The first-order chi connectivity index (χ1) is 15.6. The van der Waals surface area contributed by atoms with Crippen LogP contribution in [0.5, 0.6) is 5.75 Å². The van der Waals surface area contributed by atoms with Gasteiger partial charge in [-0.15, -0.1) is 0 Å². The summed E-state index contributed by atoms with van der Waals surface area (Å²) in [6.45, 7) is 7.77. The summed E-state index contributed by atoms with van der Waals surface area (Å²) in [6.07, 6.45) is 6.36. The smallest absolute Gasteiger partial charge is 0.140 e. The summed E-state index contributed by atoms with van der Waals surface area (Å²) in [5.74, 6) is 1.59. The number of fused-ring (bicyclic) bond motifs is 2. The van der Waals surface area contributed by atoms with Crippen molar-refractivity contribution in [2.24, 2.45) is 5.92 Å². The lowest BCUT2D eigenvalue weighted by Crippen LogP contribution is -2.32. The number of benzene rings is 1. The molecular weight excluding hydrogens is 400 g/mol. The number of rotatable bonds is 6. The number of hydrogen-bond acceptors (Lipinski definition) is 5. The van der Waals surface area contributed by atoms with Gasteiger partial charge in [0, 0.05) is 37.8 Å². The molecule has 0 unspecified atom stereocenters. The first-order valence-electron chi connectivity index (χ1n) is 11.4. The van der Waals surface area contributed by atoms with E-state index < -0.39 is 0 Å². The number of methoxy groups -OCH3 is 1. The Labute approximate surface area is 188 Å². The molecule has 166 valence electrons. The summed E-state index contributed by atoms with van der Waals surface area (Å²) in [5, 5.41) is 1.22. The highest BCUT2D eigenvalue weighted by Gasteiger charge is 2.20. The fourth-order valence-corrected chi connectivity index (χ4v) is 4.52. The van der Waals surface area contributed by atoms with Gasteiger partial charge in [0.1, 0.15) is 18.0 Å². The predicted molar refractivity (Wildman–Crippen MR) is 129 cm³/mol. The fraction of sp³-hybridized carbons (Fsp3) is 0.385. The molecular formula is C26H30N4O2. The molecule has 6 nitrogen and oxygen atoms in total. The maximum absolute atomic E-state index is 5.74. The molecule has 1 aliphatic rings. The number of pyridine rings is 2. The van der Waals surface area contributed by atoms with Crippen LogP contribution in [0.4, 0.5) is 5.69 Å². The summed E-state index contributed by atoms with van der Waals surface area (Å²) in [6, 6.07) is 12.6. The monoisotopic (exact) mass is 430 g/mol. The number of para-hydroxylation sites is 1. The van der Waals surface area contributed by atoms with Gasteiger partial charge in [-0.25, -0.2) is 9.97 Å². The Morgan fingerprint density at radius 2 is 1.94 bits per heavy atom. The molecule has 0 aliphatic carbocycles. The van der Waals surface area contributed by atoms with Crippen LogP contribution in [-0.4, -0.2) is 47.8 Å². The fourth-order valence-electron chi connectivity index (χ4n) is 4.52. The average Bonchev–Trinajstić information content (AvgIpc) is 3.23. The Balaban J connectivity index is 1.54. The molecule has 32 heavy (non-hydrogen) atoms. The zero-order valence-corrected chi connectivity index (χ0v) is 19.0. The maximum atomic E-state index is 5.74. The third-order valence-corrected chi connectivity index (χ3v) is 6.45. The molecule has 0 spiro atoms. The molecule has 6 heteroatoms. The number of aromatic nitrogens is 3. The van der Waals surface area contributed by atoms with E-state index in [2.05, 4.69) is 52.4 Å². The summed E-state index contributed by atoms with van der Waals surface area (Å²) in [5.41, 5.74) is 6.30. The van der Waals surface area contributed by atoms with Crippen molar-refractivity contribution in [1.82, 2.24) is 14.4 Å². The number of nitrogens with zero attached hydrogens (tertiary/aromatic N) is 4. The minimum absolute atomic E-state index is 0.518. The van der Waals surface area contributed by atoms with Crippen LogP contribution in [0.1, 0.15) is 25.3 Å². The van der Waals surface area contributed by atoms with Crippen molar-refractivity contribution >= 4 is 22.2 Å². The normalized spacial score (nSPS) is 15.0. The summed E-state index contributed by atoms with van der Waals surface area (Å²) < 4.78 is 12.9. The highest BCUT2D eigenvalue weighted by molar-refractivity contribution is 5.94. The van der Waals surface area contributed by atoms with Crippen LogP contribution < -0.4 is 9.64 Å². The average molecular weight is 431 g/mol. The Bertz CT molecular complexity index is 1240. The summed E-state index contributed by atoms with van der Waals surface area (Å²) >= 11 is 0. The van der Waals surface area contributed by atoms with Crippen LogP contribution in [0, 0.1) is 12.8 Å². The van der Waals surface area contributed by atoms with Crippen molar-refractivity contribution in [3.63, 3.8) is 0 Å². The molecule has 0 N–H and O–H groups in total. The molecule has 4 heterocycles. The number of ether oxygens (including phenoxy) is 2. The van der Waals surface area contributed by atoms with Gasteiger partial charge in [-0.05, 0) is 49.4 Å². The molecule has 0 amide bonds. The van der Waals surface area contributed by atoms with Gasteiger partial charge in [0.25, 0.3) is 0 Å². The van der Waals surface area contributed by atoms with E-state index in [1.54, 1.807) is 7.11 Å². The molecule has 0 bridgehead atoms. The molecule has 4 aromatic rings. The van der Waals surface area contributed by atoms with Crippen molar-refractivity contribution in [3.05, 3.63) is 54.4 Å². The second-order valence-electron chi connectivity index (χ2n) is 8.74. The quantitative estimate of drug-likeness (QED) is 0.398. The minimum atomic E-state index is 0.518. The standard InChI is InChI=1S/C26H30N4O2/c1-18-7-10-29(11-8-18)23-6-4-5-21-19(2)15-22(28-26(21)23)24-17-27-25-16-20(9-12-30(24)25)32-14-13-31-3/h4-6,9,12,15-18H,7-8,10-11,13-14H2,1-3H3. The van der Waals surface area contributed by atoms with Crippen LogP contribution in [0.25, 0.3) is 27.9 Å². The van der Waals surface area contributed by atoms with E-state index in [4.69, 9.17) is 14.5 Å². The van der Waals surface area contributed by atoms with Crippen LogP contribution in [0.2, 0.25) is 0 Å². The van der Waals surface area contributed by atoms with Gasteiger partial charge in [-0.3, -0.25) is 4.40 Å². The Morgan fingerprint density at radius 1 is 1.09 bits per heavy atom. The van der Waals surface area contributed by atoms with Crippen molar-refractivity contribution in [2.75, 3.05) is 38.3 Å². The molecule has 5 rings (SSSR count). The SMILES string of the molecule is COCCOc1ccn2c(-c3cc(C)c4cccc(N5CCC(C)CC5)c4n3)cnc2c1. The first kappa shape index (κ1) is 20.8.